The van der Waals surface area contributed by atoms with Crippen LogP contribution in [-0.4, -0.2) is 73.7 Å². The summed E-state index contributed by atoms with van der Waals surface area (Å²) in [6.45, 7) is 10.0. The fraction of sp³-hybridized carbons (Fsp3) is 0.923. The van der Waals surface area contributed by atoms with Crippen molar-refractivity contribution in [1.82, 2.24) is 15.1 Å². The minimum Gasteiger partial charge on any atom is -0.378 e. The van der Waals surface area contributed by atoms with Crippen molar-refractivity contribution in [3.63, 3.8) is 0 Å². The molecule has 0 unspecified atom stereocenters. The second-order valence-electron chi connectivity index (χ2n) is 5.88. The summed E-state index contributed by atoms with van der Waals surface area (Å²) in [4.78, 5) is 16.5. The first-order valence-electron chi connectivity index (χ1n) is 6.79. The molecule has 2 saturated heterocycles. The lowest BCUT2D eigenvalue weighted by atomic mass is 10.0. The van der Waals surface area contributed by atoms with E-state index in [1.807, 2.05) is 18.7 Å². The number of methoxy groups -OCH3 is 1. The topological polar surface area (TPSA) is 44.8 Å². The van der Waals surface area contributed by atoms with Gasteiger partial charge in [0.2, 0.25) is 5.91 Å². The smallest absolute Gasteiger partial charge is 0.225 e. The van der Waals surface area contributed by atoms with Crippen LogP contribution in [0.5, 0.6) is 0 Å². The number of piperazine rings is 1. The van der Waals surface area contributed by atoms with Gasteiger partial charge in [-0.15, -0.1) is 0 Å². The van der Waals surface area contributed by atoms with Gasteiger partial charge in [0.1, 0.15) is 0 Å². The van der Waals surface area contributed by atoms with Crippen molar-refractivity contribution >= 4 is 5.91 Å². The van der Waals surface area contributed by atoms with E-state index in [4.69, 9.17) is 4.74 Å². The molecular weight excluding hydrogens is 230 g/mol. The lowest BCUT2D eigenvalue weighted by molar-refractivity contribution is -0.144. The minimum atomic E-state index is -0.350. The second kappa shape index (κ2) is 5.55. The number of nitrogens with zero attached hydrogens (tertiary/aromatic N) is 2. The second-order valence-corrected chi connectivity index (χ2v) is 5.88. The Bertz CT molecular complexity index is 295. The number of hydrogen-bond donors (Lipinski definition) is 1. The van der Waals surface area contributed by atoms with E-state index in [-0.39, 0.29) is 11.5 Å². The Morgan fingerprint density at radius 2 is 1.94 bits per heavy atom. The number of likely N-dealkylation sites (tertiary alicyclic amines) is 1. The minimum absolute atomic E-state index is 0.216. The van der Waals surface area contributed by atoms with Crippen molar-refractivity contribution in [2.24, 2.45) is 0 Å². The predicted molar refractivity (Wildman–Crippen MR) is 70.5 cm³/mol. The van der Waals surface area contributed by atoms with Crippen LogP contribution in [-0.2, 0) is 9.53 Å². The lowest BCUT2D eigenvalue weighted by Crippen LogP contribution is -2.64. The van der Waals surface area contributed by atoms with Gasteiger partial charge in [0.15, 0.2) is 0 Å². The van der Waals surface area contributed by atoms with E-state index in [0.29, 0.717) is 12.5 Å². The van der Waals surface area contributed by atoms with Gasteiger partial charge in [-0.05, 0) is 13.8 Å². The molecule has 1 amide bonds. The maximum absolute atomic E-state index is 12.0. The average molecular weight is 255 g/mol. The molecule has 2 aliphatic rings. The fourth-order valence-electron chi connectivity index (χ4n) is 2.49. The molecule has 5 nitrogen and oxygen atoms in total. The molecule has 2 heterocycles. The highest BCUT2D eigenvalue weighted by molar-refractivity contribution is 5.78. The first-order chi connectivity index (χ1) is 8.52. The first-order valence-corrected chi connectivity index (χ1v) is 6.79. The van der Waals surface area contributed by atoms with Gasteiger partial charge in [-0.1, -0.05) is 0 Å². The lowest BCUT2D eigenvalue weighted by Gasteiger charge is -2.47. The summed E-state index contributed by atoms with van der Waals surface area (Å²) >= 11 is 0. The summed E-state index contributed by atoms with van der Waals surface area (Å²) in [6, 6.07) is 0.571. The number of nitrogens with one attached hydrogen (secondary N) is 1. The molecule has 0 aromatic rings. The largest absolute Gasteiger partial charge is 0.378 e. The Labute approximate surface area is 109 Å². The number of hydrogen-bond acceptors (Lipinski definition) is 4. The number of rotatable bonds is 4. The molecule has 104 valence electrons. The molecule has 0 saturated carbocycles. The zero-order valence-electron chi connectivity index (χ0n) is 11.7. The van der Waals surface area contributed by atoms with Crippen LogP contribution in [0, 0.1) is 0 Å². The Kier molecular flexibility index (Phi) is 4.25. The molecule has 0 aromatic heterocycles. The molecule has 2 rings (SSSR count). The maximum atomic E-state index is 12.0. The number of amides is 1. The van der Waals surface area contributed by atoms with E-state index in [1.54, 1.807) is 7.11 Å². The number of ether oxygens (including phenoxy) is 1. The number of carbonyl (C=O) groups is 1. The molecule has 0 aliphatic carbocycles. The quantitative estimate of drug-likeness (QED) is 0.763. The van der Waals surface area contributed by atoms with E-state index < -0.39 is 0 Å². The summed E-state index contributed by atoms with van der Waals surface area (Å²) in [6.07, 6.45) is 0.470. The molecule has 5 heteroatoms. The van der Waals surface area contributed by atoms with Gasteiger partial charge in [0.25, 0.3) is 0 Å². The molecule has 0 bridgehead atoms. The van der Waals surface area contributed by atoms with Crippen molar-refractivity contribution in [3.05, 3.63) is 0 Å². The van der Waals surface area contributed by atoms with E-state index >= 15 is 0 Å². The van der Waals surface area contributed by atoms with E-state index in [0.717, 1.165) is 39.3 Å². The highest BCUT2D eigenvalue weighted by Gasteiger charge is 2.36. The van der Waals surface area contributed by atoms with Crippen LogP contribution in [0.25, 0.3) is 0 Å². The van der Waals surface area contributed by atoms with Gasteiger partial charge < -0.3 is 15.0 Å². The third-order valence-electron chi connectivity index (χ3n) is 4.01. The van der Waals surface area contributed by atoms with Crippen LogP contribution < -0.4 is 5.32 Å². The molecule has 1 N–H and O–H groups in total. The monoisotopic (exact) mass is 255 g/mol. The summed E-state index contributed by atoms with van der Waals surface area (Å²) in [5.41, 5.74) is -0.350. The van der Waals surface area contributed by atoms with Crippen molar-refractivity contribution in [3.8, 4) is 0 Å². The normalized spacial score (nSPS) is 22.9. The van der Waals surface area contributed by atoms with Crippen LogP contribution >= 0.6 is 0 Å². The first kappa shape index (κ1) is 13.8. The van der Waals surface area contributed by atoms with Gasteiger partial charge in [0, 0.05) is 52.4 Å². The fourth-order valence-corrected chi connectivity index (χ4v) is 2.49. The highest BCUT2D eigenvalue weighted by atomic mass is 16.5. The summed E-state index contributed by atoms with van der Waals surface area (Å²) in [7, 11) is 1.66. The van der Waals surface area contributed by atoms with E-state index in [1.165, 1.54) is 0 Å². The van der Waals surface area contributed by atoms with Gasteiger partial charge >= 0.3 is 0 Å². The van der Waals surface area contributed by atoms with Crippen molar-refractivity contribution < 1.29 is 9.53 Å². The summed E-state index contributed by atoms with van der Waals surface area (Å²) in [5.74, 6) is 0.216. The Balaban J connectivity index is 1.73. The standard InChI is InChI=1S/C13H25N3O2/c1-13(2,18-3)8-12(17)16-9-11(10-16)15-6-4-14-5-7-15/h11,14H,4-10H2,1-3H3. The molecular formula is C13H25N3O2. The SMILES string of the molecule is COC(C)(C)CC(=O)N1CC(N2CCNCC2)C1. The Morgan fingerprint density at radius 1 is 1.33 bits per heavy atom. The van der Waals surface area contributed by atoms with E-state index in [9.17, 15) is 4.79 Å². The summed E-state index contributed by atoms with van der Waals surface area (Å²) < 4.78 is 5.30. The van der Waals surface area contributed by atoms with Crippen molar-refractivity contribution in [2.75, 3.05) is 46.4 Å². The number of carbonyl (C=O) groups excluding carboxylic acids is 1. The van der Waals surface area contributed by atoms with Gasteiger partial charge in [0.05, 0.1) is 12.0 Å². The molecule has 0 spiro atoms. The molecule has 0 aromatic carbocycles. The van der Waals surface area contributed by atoms with Gasteiger partial charge in [-0.25, -0.2) is 0 Å². The Morgan fingerprint density at radius 3 is 2.50 bits per heavy atom. The van der Waals surface area contributed by atoms with Crippen LogP contribution in [0.15, 0.2) is 0 Å². The van der Waals surface area contributed by atoms with Crippen molar-refractivity contribution in [2.45, 2.75) is 31.9 Å². The molecule has 18 heavy (non-hydrogen) atoms. The zero-order chi connectivity index (χ0) is 13.2. The van der Waals surface area contributed by atoms with E-state index in [2.05, 4.69) is 10.2 Å². The predicted octanol–water partition coefficient (Wildman–Crippen LogP) is -0.0825. The molecule has 2 aliphatic heterocycles. The third-order valence-corrected chi connectivity index (χ3v) is 4.01. The molecule has 0 atom stereocenters. The van der Waals surface area contributed by atoms with Gasteiger partial charge in [-0.3, -0.25) is 9.69 Å². The third kappa shape index (κ3) is 3.22. The van der Waals surface area contributed by atoms with Crippen LogP contribution in [0.4, 0.5) is 0 Å². The average Bonchev–Trinajstić information content (AvgIpc) is 2.28. The van der Waals surface area contributed by atoms with Crippen LogP contribution in [0.3, 0.4) is 0 Å². The van der Waals surface area contributed by atoms with Gasteiger partial charge in [-0.2, -0.15) is 0 Å². The zero-order valence-corrected chi connectivity index (χ0v) is 11.7. The highest BCUT2D eigenvalue weighted by Crippen LogP contribution is 2.20. The molecule has 2 fully saturated rings. The van der Waals surface area contributed by atoms with Crippen molar-refractivity contribution in [1.29, 1.82) is 0 Å². The Hall–Kier alpha value is -0.650. The molecule has 0 radical (unpaired) electrons. The summed E-state index contributed by atoms with van der Waals surface area (Å²) in [5, 5.41) is 3.35. The van der Waals surface area contributed by atoms with Crippen LogP contribution in [0.1, 0.15) is 20.3 Å². The van der Waals surface area contributed by atoms with Crippen LogP contribution in [0.2, 0.25) is 0 Å². The maximum Gasteiger partial charge on any atom is 0.225 e.